The molecule has 206 valence electrons. The smallest absolute Gasteiger partial charge is 0.418 e. The molecule has 2 aliphatic heterocycles. The topological polar surface area (TPSA) is 54.1 Å². The molecule has 4 nitrogen and oxygen atoms in total. The Morgan fingerprint density at radius 3 is 1.16 bits per heavy atom. The number of para-hydroxylation sites is 2. The van der Waals surface area contributed by atoms with E-state index in [1.807, 2.05) is 0 Å². The molecule has 0 saturated carbocycles. The summed E-state index contributed by atoms with van der Waals surface area (Å²) in [7, 11) is -12.0. The predicted molar refractivity (Wildman–Crippen MR) is 128 cm³/mol. The Bertz CT molecular complexity index is 903. The van der Waals surface area contributed by atoms with Crippen molar-refractivity contribution in [2.75, 3.05) is 36.0 Å². The zero-order chi connectivity index (χ0) is 27.8. The molecule has 0 aliphatic carbocycles. The Morgan fingerprint density at radius 2 is 0.892 bits per heavy atom. The number of nitriles is 2. The average molecular weight is 627 g/mol. The Morgan fingerprint density at radius 1 is 0.649 bits per heavy atom. The molecular formula is C22H26B2F8N4Pd. The quantitative estimate of drug-likeness (QED) is 0.279. The standard InChI is InChI=1S/C18H20N2.2C2H3N.2BF4.Pd/c1-3-7-17-15(5-1)9-11-19(17)13-14-20-12-10-16-6-2-4-8-18(16)20;2*1-2-3;2*2-1(3,4)5;/h1-8H,9-14H2;2*1H3;;;/q;;;2*-1;+2. The molecule has 0 radical (unpaired) electrons. The van der Waals surface area contributed by atoms with E-state index in [1.165, 1.54) is 62.3 Å². The molecule has 2 aromatic carbocycles. The fourth-order valence-electron chi connectivity index (χ4n) is 3.52. The van der Waals surface area contributed by atoms with Crippen LogP contribution in [0.3, 0.4) is 0 Å². The number of rotatable bonds is 3. The second kappa shape index (κ2) is 18.5. The van der Waals surface area contributed by atoms with Gasteiger partial charge in [0.1, 0.15) is 0 Å². The van der Waals surface area contributed by atoms with Crippen molar-refractivity contribution < 1.29 is 54.9 Å². The second-order valence-electron chi connectivity index (χ2n) is 7.17. The zero-order valence-corrected chi connectivity index (χ0v) is 21.7. The third kappa shape index (κ3) is 18.2. The van der Waals surface area contributed by atoms with Gasteiger partial charge in [-0.1, -0.05) is 36.4 Å². The van der Waals surface area contributed by atoms with Gasteiger partial charge in [0, 0.05) is 51.4 Å². The molecule has 4 rings (SSSR count). The van der Waals surface area contributed by atoms with E-state index in [0.717, 1.165) is 13.1 Å². The van der Waals surface area contributed by atoms with E-state index in [9.17, 15) is 34.5 Å². The minimum atomic E-state index is -6.00. The fourth-order valence-corrected chi connectivity index (χ4v) is 3.52. The molecule has 0 aromatic heterocycles. The molecule has 2 aromatic rings. The van der Waals surface area contributed by atoms with E-state index in [1.54, 1.807) is 12.1 Å². The summed E-state index contributed by atoms with van der Waals surface area (Å²) in [5.74, 6) is 0. The van der Waals surface area contributed by atoms with Crippen LogP contribution in [0.1, 0.15) is 25.0 Å². The van der Waals surface area contributed by atoms with Crippen LogP contribution in [0.4, 0.5) is 45.9 Å². The van der Waals surface area contributed by atoms with Crippen LogP contribution in [-0.4, -0.2) is 40.7 Å². The molecule has 37 heavy (non-hydrogen) atoms. The van der Waals surface area contributed by atoms with Gasteiger partial charge in [-0.25, -0.2) is 0 Å². The third-order valence-electron chi connectivity index (χ3n) is 4.61. The van der Waals surface area contributed by atoms with Gasteiger partial charge in [0.2, 0.25) is 0 Å². The molecular weight excluding hydrogens is 600 g/mol. The van der Waals surface area contributed by atoms with Gasteiger partial charge in [-0.05, 0) is 36.1 Å². The first-order valence-electron chi connectivity index (χ1n) is 10.8. The van der Waals surface area contributed by atoms with Crippen LogP contribution in [0.5, 0.6) is 0 Å². The number of nitrogens with zero attached hydrogens (tertiary/aromatic N) is 4. The summed E-state index contributed by atoms with van der Waals surface area (Å²) in [5.41, 5.74) is 5.91. The molecule has 0 atom stereocenters. The summed E-state index contributed by atoms with van der Waals surface area (Å²) in [6.07, 6.45) is 2.40. The van der Waals surface area contributed by atoms with Crippen LogP contribution in [0.25, 0.3) is 0 Å². The SMILES string of the molecule is CC#N.CC#N.F[B-](F)(F)F.F[B-](F)(F)F.[Pd+2].c1ccc2c(c1)CCN2CCN1CCc2ccccc21. The Balaban J connectivity index is 0. The van der Waals surface area contributed by atoms with Crippen molar-refractivity contribution >= 4 is 25.9 Å². The summed E-state index contributed by atoms with van der Waals surface area (Å²) in [5, 5.41) is 14.6. The number of hydrogen-bond acceptors (Lipinski definition) is 4. The number of fused-ring (bicyclic) bond motifs is 2. The molecule has 0 amide bonds. The van der Waals surface area contributed by atoms with Gasteiger partial charge < -0.3 is 44.3 Å². The van der Waals surface area contributed by atoms with Gasteiger partial charge in [-0.15, -0.1) is 0 Å². The summed E-state index contributed by atoms with van der Waals surface area (Å²) >= 11 is 0. The van der Waals surface area contributed by atoms with Crippen LogP contribution >= 0.6 is 0 Å². The molecule has 15 heteroatoms. The molecule has 2 aliphatic rings. The minimum absolute atomic E-state index is 0. The maximum absolute atomic E-state index is 9.75. The van der Waals surface area contributed by atoms with Crippen LogP contribution in [0.2, 0.25) is 0 Å². The first-order chi connectivity index (χ1) is 16.7. The summed E-state index contributed by atoms with van der Waals surface area (Å²) < 4.78 is 78.0. The van der Waals surface area contributed by atoms with Crippen LogP contribution in [0, 0.1) is 22.7 Å². The Hall–Kier alpha value is -2.75. The van der Waals surface area contributed by atoms with Crippen molar-refractivity contribution in [3.8, 4) is 12.1 Å². The van der Waals surface area contributed by atoms with E-state index in [4.69, 9.17) is 10.5 Å². The van der Waals surface area contributed by atoms with Gasteiger partial charge in [0.25, 0.3) is 0 Å². The van der Waals surface area contributed by atoms with Gasteiger partial charge in [0.15, 0.2) is 0 Å². The van der Waals surface area contributed by atoms with Gasteiger partial charge in [-0.3, -0.25) is 0 Å². The molecule has 0 saturated heterocycles. The van der Waals surface area contributed by atoms with Crippen molar-refractivity contribution in [3.05, 3.63) is 59.7 Å². The summed E-state index contributed by atoms with van der Waals surface area (Å²) in [4.78, 5) is 5.08. The molecule has 0 fully saturated rings. The number of anilines is 2. The second-order valence-corrected chi connectivity index (χ2v) is 7.17. The van der Waals surface area contributed by atoms with E-state index < -0.39 is 14.5 Å². The summed E-state index contributed by atoms with van der Waals surface area (Å²) in [6.45, 7) is 7.47. The van der Waals surface area contributed by atoms with Crippen LogP contribution in [0.15, 0.2) is 48.5 Å². The molecule has 0 N–H and O–H groups in total. The maximum Gasteiger partial charge on any atom is 2.00 e. The van der Waals surface area contributed by atoms with Crippen molar-refractivity contribution in [2.45, 2.75) is 26.7 Å². The molecule has 0 spiro atoms. The zero-order valence-electron chi connectivity index (χ0n) is 20.1. The monoisotopic (exact) mass is 626 g/mol. The van der Waals surface area contributed by atoms with Crippen LogP contribution < -0.4 is 9.80 Å². The van der Waals surface area contributed by atoms with Gasteiger partial charge in [0.05, 0.1) is 12.1 Å². The minimum Gasteiger partial charge on any atom is -0.418 e. The Labute approximate surface area is 225 Å². The van der Waals surface area contributed by atoms with Crippen molar-refractivity contribution in [3.63, 3.8) is 0 Å². The molecule has 2 heterocycles. The summed E-state index contributed by atoms with van der Waals surface area (Å²) in [6, 6.07) is 21.2. The van der Waals surface area contributed by atoms with E-state index >= 15 is 0 Å². The number of benzene rings is 2. The van der Waals surface area contributed by atoms with Crippen LogP contribution in [-0.2, 0) is 33.3 Å². The number of halogens is 8. The predicted octanol–water partition coefficient (Wildman–Crippen LogP) is 6.77. The molecule has 0 unspecified atom stereocenters. The van der Waals surface area contributed by atoms with E-state index in [-0.39, 0.29) is 20.4 Å². The third-order valence-corrected chi connectivity index (χ3v) is 4.61. The van der Waals surface area contributed by atoms with Crippen molar-refractivity contribution in [1.82, 2.24) is 0 Å². The largest absolute Gasteiger partial charge is 2.00 e. The fraction of sp³-hybridized carbons (Fsp3) is 0.364. The normalized spacial score (nSPS) is 12.5. The average Bonchev–Trinajstić information content (AvgIpc) is 3.35. The first kappa shape index (κ1) is 36.4. The van der Waals surface area contributed by atoms with E-state index in [2.05, 4.69) is 58.3 Å². The Kier molecular flexibility index (Phi) is 18.2. The van der Waals surface area contributed by atoms with Gasteiger partial charge in [-0.2, -0.15) is 10.5 Å². The van der Waals surface area contributed by atoms with E-state index in [0.29, 0.717) is 0 Å². The number of hydrogen-bond donors (Lipinski definition) is 0. The van der Waals surface area contributed by atoms with Gasteiger partial charge >= 0.3 is 34.9 Å². The van der Waals surface area contributed by atoms with Crippen molar-refractivity contribution in [1.29, 1.82) is 10.5 Å². The van der Waals surface area contributed by atoms with Crippen molar-refractivity contribution in [2.24, 2.45) is 0 Å². The molecule has 0 bridgehead atoms. The first-order valence-corrected chi connectivity index (χ1v) is 10.8. The maximum atomic E-state index is 9.75.